The highest BCUT2D eigenvalue weighted by atomic mass is 16.4. The fraction of sp³-hybridized carbons (Fsp3) is 0.786. The van der Waals surface area contributed by atoms with Gasteiger partial charge in [-0.2, -0.15) is 5.10 Å². The minimum atomic E-state index is -0.703. The molecule has 1 N–H and O–H groups in total. The molecule has 0 amide bonds. The Kier molecular flexibility index (Phi) is 4.42. The van der Waals surface area contributed by atoms with E-state index in [2.05, 4.69) is 28.8 Å². The smallest absolute Gasteiger partial charge is 0.310 e. The number of hydrogen-bond donors (Lipinski definition) is 1. The third-order valence-corrected chi connectivity index (χ3v) is 3.89. The molecule has 1 saturated heterocycles. The summed E-state index contributed by atoms with van der Waals surface area (Å²) in [4.78, 5) is 17.9. The summed E-state index contributed by atoms with van der Waals surface area (Å²) in [6.45, 7) is 9.16. The van der Waals surface area contributed by atoms with E-state index in [-0.39, 0.29) is 0 Å². The summed E-state index contributed by atoms with van der Waals surface area (Å²) in [7, 11) is 0. The number of aliphatic carboxylic acids is 1. The number of nitrogens with zero attached hydrogens (tertiary/aromatic N) is 4. The van der Waals surface area contributed by atoms with Crippen LogP contribution in [0.25, 0.3) is 0 Å². The molecule has 6 nitrogen and oxygen atoms in total. The van der Waals surface area contributed by atoms with E-state index in [1.807, 2.05) is 11.6 Å². The number of carboxylic acids is 1. The quantitative estimate of drug-likeness (QED) is 0.887. The van der Waals surface area contributed by atoms with Crippen LogP contribution >= 0.6 is 0 Å². The molecule has 1 aromatic rings. The maximum Gasteiger partial charge on any atom is 0.310 e. The van der Waals surface area contributed by atoms with Crippen molar-refractivity contribution < 1.29 is 9.90 Å². The van der Waals surface area contributed by atoms with Crippen LogP contribution in [-0.4, -0.2) is 43.8 Å². The summed E-state index contributed by atoms with van der Waals surface area (Å²) in [6.07, 6.45) is 3.25. The number of hydrogen-bond acceptors (Lipinski definition) is 4. The number of piperidine rings is 1. The van der Waals surface area contributed by atoms with Crippen molar-refractivity contribution in [3.8, 4) is 0 Å². The molecule has 112 valence electrons. The molecule has 1 aliphatic heterocycles. The lowest BCUT2D eigenvalue weighted by Gasteiger charge is -2.37. The Hall–Kier alpha value is -1.43. The van der Waals surface area contributed by atoms with Crippen LogP contribution in [0.15, 0.2) is 6.33 Å². The van der Waals surface area contributed by atoms with Gasteiger partial charge in [-0.05, 0) is 32.2 Å². The molecule has 1 aromatic heterocycles. The summed E-state index contributed by atoms with van der Waals surface area (Å²) >= 11 is 0. The SMILES string of the molecule is CC(C)Cn1ncnc1CN1CCCC(C)(C(=O)O)C1. The number of likely N-dealkylation sites (tertiary alicyclic amines) is 1. The van der Waals surface area contributed by atoms with Crippen molar-refractivity contribution in [1.29, 1.82) is 0 Å². The van der Waals surface area contributed by atoms with Crippen molar-refractivity contribution in [1.82, 2.24) is 19.7 Å². The molecule has 1 fully saturated rings. The van der Waals surface area contributed by atoms with E-state index in [0.29, 0.717) is 19.0 Å². The van der Waals surface area contributed by atoms with E-state index in [9.17, 15) is 9.90 Å². The summed E-state index contributed by atoms with van der Waals surface area (Å²) < 4.78 is 1.93. The zero-order valence-corrected chi connectivity index (χ0v) is 12.5. The highest BCUT2D eigenvalue weighted by Gasteiger charge is 2.38. The fourth-order valence-electron chi connectivity index (χ4n) is 2.76. The van der Waals surface area contributed by atoms with Crippen molar-refractivity contribution in [2.75, 3.05) is 13.1 Å². The third-order valence-electron chi connectivity index (χ3n) is 3.89. The van der Waals surface area contributed by atoms with E-state index in [1.165, 1.54) is 0 Å². The minimum absolute atomic E-state index is 0.515. The first-order chi connectivity index (χ1) is 9.40. The Balaban J connectivity index is 2.03. The van der Waals surface area contributed by atoms with Crippen LogP contribution < -0.4 is 0 Å². The highest BCUT2D eigenvalue weighted by Crippen LogP contribution is 2.30. The Morgan fingerprint density at radius 3 is 2.95 bits per heavy atom. The van der Waals surface area contributed by atoms with Crippen LogP contribution in [0.5, 0.6) is 0 Å². The van der Waals surface area contributed by atoms with Crippen LogP contribution in [-0.2, 0) is 17.9 Å². The Bertz CT molecular complexity index is 471. The van der Waals surface area contributed by atoms with Crippen molar-refractivity contribution in [2.24, 2.45) is 11.3 Å². The standard InChI is InChI=1S/C14H24N4O2/c1-11(2)7-18-12(15-10-16-18)8-17-6-4-5-14(3,9-17)13(19)20/h10-11H,4-9H2,1-3H3,(H,19,20). The van der Waals surface area contributed by atoms with Crippen molar-refractivity contribution in [3.05, 3.63) is 12.2 Å². The number of aromatic nitrogens is 3. The van der Waals surface area contributed by atoms with Gasteiger partial charge in [0, 0.05) is 13.1 Å². The zero-order chi connectivity index (χ0) is 14.8. The van der Waals surface area contributed by atoms with Gasteiger partial charge < -0.3 is 5.11 Å². The van der Waals surface area contributed by atoms with Crippen LogP contribution in [0.2, 0.25) is 0 Å². The van der Waals surface area contributed by atoms with Gasteiger partial charge in [0.25, 0.3) is 0 Å². The zero-order valence-electron chi connectivity index (χ0n) is 12.5. The average molecular weight is 280 g/mol. The normalized spacial score (nSPS) is 24.2. The molecule has 0 spiro atoms. The topological polar surface area (TPSA) is 71.2 Å². The summed E-state index contributed by atoms with van der Waals surface area (Å²) in [5.74, 6) is 0.736. The number of carboxylic acid groups (broad SMARTS) is 1. The van der Waals surface area contributed by atoms with Gasteiger partial charge in [-0.25, -0.2) is 9.67 Å². The first kappa shape index (κ1) is 15.0. The lowest BCUT2D eigenvalue weighted by atomic mass is 9.82. The van der Waals surface area contributed by atoms with E-state index in [4.69, 9.17) is 0 Å². The largest absolute Gasteiger partial charge is 0.481 e. The molecule has 0 radical (unpaired) electrons. The molecule has 1 aliphatic rings. The van der Waals surface area contributed by atoms with Gasteiger partial charge in [0.15, 0.2) is 0 Å². The lowest BCUT2D eigenvalue weighted by molar-refractivity contribution is -0.151. The molecule has 0 aromatic carbocycles. The van der Waals surface area contributed by atoms with Gasteiger partial charge in [0.1, 0.15) is 12.2 Å². The van der Waals surface area contributed by atoms with E-state index in [0.717, 1.165) is 31.8 Å². The van der Waals surface area contributed by atoms with Crippen molar-refractivity contribution in [2.45, 2.75) is 46.7 Å². The van der Waals surface area contributed by atoms with Gasteiger partial charge >= 0.3 is 5.97 Å². The predicted molar refractivity (Wildman–Crippen MR) is 75.1 cm³/mol. The van der Waals surface area contributed by atoms with Gasteiger partial charge in [0.2, 0.25) is 0 Å². The Labute approximate surface area is 119 Å². The second-order valence-electron chi connectivity index (χ2n) is 6.43. The second kappa shape index (κ2) is 5.91. The molecular weight excluding hydrogens is 256 g/mol. The number of rotatable bonds is 5. The maximum absolute atomic E-state index is 11.4. The lowest BCUT2D eigenvalue weighted by Crippen LogP contribution is -2.45. The molecule has 0 saturated carbocycles. The van der Waals surface area contributed by atoms with Crippen LogP contribution in [0.3, 0.4) is 0 Å². The van der Waals surface area contributed by atoms with Crippen molar-refractivity contribution >= 4 is 5.97 Å². The summed E-state index contributed by atoms with van der Waals surface area (Å²) in [6, 6.07) is 0. The van der Waals surface area contributed by atoms with Crippen molar-refractivity contribution in [3.63, 3.8) is 0 Å². The highest BCUT2D eigenvalue weighted by molar-refractivity contribution is 5.74. The molecular formula is C14H24N4O2. The van der Waals surface area contributed by atoms with Crippen LogP contribution in [0.1, 0.15) is 39.4 Å². The van der Waals surface area contributed by atoms with E-state index < -0.39 is 11.4 Å². The molecule has 20 heavy (non-hydrogen) atoms. The minimum Gasteiger partial charge on any atom is -0.481 e. The Morgan fingerprint density at radius 1 is 1.55 bits per heavy atom. The molecule has 6 heteroatoms. The first-order valence-corrected chi connectivity index (χ1v) is 7.23. The van der Waals surface area contributed by atoms with Gasteiger partial charge in [0.05, 0.1) is 12.0 Å². The molecule has 1 atom stereocenters. The summed E-state index contributed by atoms with van der Waals surface area (Å²) in [5.41, 5.74) is -0.638. The maximum atomic E-state index is 11.4. The monoisotopic (exact) mass is 280 g/mol. The predicted octanol–water partition coefficient (Wildman–Crippen LogP) is 1.62. The van der Waals surface area contributed by atoms with Gasteiger partial charge in [-0.1, -0.05) is 13.8 Å². The molecule has 0 aliphatic carbocycles. The number of carbonyl (C=O) groups is 1. The molecule has 1 unspecified atom stereocenters. The van der Waals surface area contributed by atoms with E-state index >= 15 is 0 Å². The molecule has 2 heterocycles. The van der Waals surface area contributed by atoms with Gasteiger partial charge in [-0.3, -0.25) is 9.69 Å². The first-order valence-electron chi connectivity index (χ1n) is 7.23. The summed E-state index contributed by atoms with van der Waals surface area (Å²) in [5, 5.41) is 13.6. The Morgan fingerprint density at radius 2 is 2.30 bits per heavy atom. The second-order valence-corrected chi connectivity index (χ2v) is 6.43. The van der Waals surface area contributed by atoms with Gasteiger partial charge in [-0.15, -0.1) is 0 Å². The van der Waals surface area contributed by atoms with Crippen LogP contribution in [0.4, 0.5) is 0 Å². The van der Waals surface area contributed by atoms with E-state index in [1.54, 1.807) is 6.33 Å². The fourth-order valence-corrected chi connectivity index (χ4v) is 2.76. The molecule has 2 rings (SSSR count). The molecule has 0 bridgehead atoms. The third kappa shape index (κ3) is 3.36. The van der Waals surface area contributed by atoms with Crippen LogP contribution in [0, 0.1) is 11.3 Å². The average Bonchev–Trinajstić information content (AvgIpc) is 2.75.